The highest BCUT2D eigenvalue weighted by molar-refractivity contribution is 5.40. The van der Waals surface area contributed by atoms with Crippen LogP contribution >= 0.6 is 0 Å². The first-order valence-corrected chi connectivity index (χ1v) is 7.05. The summed E-state index contributed by atoms with van der Waals surface area (Å²) in [7, 11) is 2.18. The molecule has 1 aromatic carbocycles. The quantitative estimate of drug-likeness (QED) is 0.805. The van der Waals surface area contributed by atoms with Crippen molar-refractivity contribution in [1.82, 2.24) is 9.80 Å². The van der Waals surface area contributed by atoms with Gasteiger partial charge < -0.3 is 14.4 Å². The van der Waals surface area contributed by atoms with E-state index in [1.807, 2.05) is 24.3 Å². The minimum atomic E-state index is 0.123. The zero-order valence-electron chi connectivity index (χ0n) is 11.7. The van der Waals surface area contributed by atoms with Crippen molar-refractivity contribution in [2.75, 3.05) is 39.8 Å². The number of fused-ring (bicyclic) bond motifs is 1. The molecule has 2 atom stereocenters. The number of ether oxygens (including phenoxy) is 2. The van der Waals surface area contributed by atoms with Gasteiger partial charge in [0.1, 0.15) is 12.7 Å². The molecule has 0 unspecified atom stereocenters. The third-order valence-electron chi connectivity index (χ3n) is 4.18. The van der Waals surface area contributed by atoms with E-state index in [2.05, 4.69) is 23.8 Å². The van der Waals surface area contributed by atoms with Gasteiger partial charge in [0.05, 0.1) is 0 Å². The normalized spacial score (nSPS) is 26.1. The maximum atomic E-state index is 6.09. The van der Waals surface area contributed by atoms with Gasteiger partial charge >= 0.3 is 0 Å². The van der Waals surface area contributed by atoms with Gasteiger partial charge in [-0.05, 0) is 26.1 Å². The van der Waals surface area contributed by atoms with Gasteiger partial charge in [-0.2, -0.15) is 0 Å². The van der Waals surface area contributed by atoms with Gasteiger partial charge in [0.2, 0.25) is 0 Å². The van der Waals surface area contributed by atoms with Gasteiger partial charge in [-0.1, -0.05) is 12.1 Å². The van der Waals surface area contributed by atoms with E-state index >= 15 is 0 Å². The molecule has 1 fully saturated rings. The topological polar surface area (TPSA) is 24.9 Å². The fraction of sp³-hybridized carbons (Fsp3) is 0.600. The first kappa shape index (κ1) is 12.8. The summed E-state index contributed by atoms with van der Waals surface area (Å²) in [5, 5.41) is 0. The minimum absolute atomic E-state index is 0.123. The zero-order valence-corrected chi connectivity index (χ0v) is 11.7. The van der Waals surface area contributed by atoms with Crippen LogP contribution < -0.4 is 9.47 Å². The maximum absolute atomic E-state index is 6.09. The smallest absolute Gasteiger partial charge is 0.161 e. The van der Waals surface area contributed by atoms with Gasteiger partial charge in [-0.15, -0.1) is 0 Å². The maximum Gasteiger partial charge on any atom is 0.161 e. The average molecular weight is 262 g/mol. The lowest BCUT2D eigenvalue weighted by molar-refractivity contribution is 0.00507. The van der Waals surface area contributed by atoms with Crippen molar-refractivity contribution in [1.29, 1.82) is 0 Å². The van der Waals surface area contributed by atoms with Crippen molar-refractivity contribution in [3.63, 3.8) is 0 Å². The molecule has 104 valence electrons. The van der Waals surface area contributed by atoms with Crippen LogP contribution in [0.15, 0.2) is 24.3 Å². The van der Waals surface area contributed by atoms with Crippen LogP contribution in [0.5, 0.6) is 11.5 Å². The molecule has 0 aliphatic carbocycles. The van der Waals surface area contributed by atoms with Crippen LogP contribution in [0.2, 0.25) is 0 Å². The first-order valence-electron chi connectivity index (χ1n) is 7.05. The zero-order chi connectivity index (χ0) is 13.2. The van der Waals surface area contributed by atoms with E-state index in [4.69, 9.17) is 9.47 Å². The van der Waals surface area contributed by atoms with E-state index in [1.165, 1.54) is 0 Å². The molecule has 4 heteroatoms. The average Bonchev–Trinajstić information content (AvgIpc) is 2.47. The standard InChI is InChI=1S/C15H22N2O2/c1-12(17-9-7-16(2)8-10-17)15-11-18-13-5-3-4-6-14(13)19-15/h3-6,12,15H,7-11H2,1-2H3/t12-,15-/m0/s1. The number of likely N-dealkylation sites (N-methyl/N-ethyl adjacent to an activating group) is 1. The summed E-state index contributed by atoms with van der Waals surface area (Å²) in [5.74, 6) is 1.74. The minimum Gasteiger partial charge on any atom is -0.486 e. The molecule has 3 rings (SSSR count). The summed E-state index contributed by atoms with van der Waals surface area (Å²) in [4.78, 5) is 4.87. The lowest BCUT2D eigenvalue weighted by Crippen LogP contribution is -2.54. The molecule has 0 amide bonds. The van der Waals surface area contributed by atoms with Crippen molar-refractivity contribution >= 4 is 0 Å². The van der Waals surface area contributed by atoms with Crippen LogP contribution in [0.25, 0.3) is 0 Å². The number of benzene rings is 1. The Kier molecular flexibility index (Phi) is 3.62. The van der Waals surface area contributed by atoms with Crippen molar-refractivity contribution in [3.8, 4) is 11.5 Å². The molecular formula is C15H22N2O2. The van der Waals surface area contributed by atoms with Crippen LogP contribution in [-0.4, -0.2) is 61.8 Å². The molecular weight excluding hydrogens is 240 g/mol. The molecule has 19 heavy (non-hydrogen) atoms. The van der Waals surface area contributed by atoms with Crippen LogP contribution in [-0.2, 0) is 0 Å². The van der Waals surface area contributed by atoms with Crippen LogP contribution in [0.4, 0.5) is 0 Å². The monoisotopic (exact) mass is 262 g/mol. The first-order chi connectivity index (χ1) is 9.24. The summed E-state index contributed by atoms with van der Waals surface area (Å²) < 4.78 is 11.9. The number of piperazine rings is 1. The molecule has 2 heterocycles. The molecule has 4 nitrogen and oxygen atoms in total. The highest BCUT2D eigenvalue weighted by Crippen LogP contribution is 2.32. The highest BCUT2D eigenvalue weighted by atomic mass is 16.6. The van der Waals surface area contributed by atoms with Gasteiger partial charge in [-0.3, -0.25) is 4.90 Å². The SMILES string of the molecule is C[C@@H]([C@@H]1COc2ccccc2O1)N1CCN(C)CC1. The highest BCUT2D eigenvalue weighted by Gasteiger charge is 2.31. The van der Waals surface area contributed by atoms with Crippen LogP contribution in [0.1, 0.15) is 6.92 Å². The van der Waals surface area contributed by atoms with Crippen LogP contribution in [0, 0.1) is 0 Å². The van der Waals surface area contributed by atoms with Gasteiger partial charge in [-0.25, -0.2) is 0 Å². The Morgan fingerprint density at radius 3 is 2.53 bits per heavy atom. The molecule has 1 aromatic rings. The number of nitrogens with zero attached hydrogens (tertiary/aromatic N) is 2. The van der Waals surface area contributed by atoms with E-state index in [1.54, 1.807) is 0 Å². The summed E-state index contributed by atoms with van der Waals surface area (Å²) in [6, 6.07) is 8.31. The lowest BCUT2D eigenvalue weighted by Gasteiger charge is -2.40. The largest absolute Gasteiger partial charge is 0.486 e. The Balaban J connectivity index is 1.64. The second-order valence-corrected chi connectivity index (χ2v) is 5.49. The Labute approximate surface area is 114 Å². The second kappa shape index (κ2) is 5.39. The Bertz CT molecular complexity index is 430. The van der Waals surface area contributed by atoms with E-state index in [9.17, 15) is 0 Å². The van der Waals surface area contributed by atoms with Gasteiger partial charge in [0, 0.05) is 32.2 Å². The third-order valence-corrected chi connectivity index (χ3v) is 4.18. The lowest BCUT2D eigenvalue weighted by atomic mass is 10.1. The van der Waals surface area contributed by atoms with Gasteiger partial charge in [0.15, 0.2) is 11.5 Å². The molecule has 2 aliphatic heterocycles. The summed E-state index contributed by atoms with van der Waals surface area (Å²) in [6.45, 7) is 7.37. The molecule has 0 saturated carbocycles. The fourth-order valence-electron chi connectivity index (χ4n) is 2.74. The van der Waals surface area contributed by atoms with Crippen molar-refractivity contribution in [3.05, 3.63) is 24.3 Å². The van der Waals surface area contributed by atoms with E-state index in [-0.39, 0.29) is 6.10 Å². The van der Waals surface area contributed by atoms with Crippen LogP contribution in [0.3, 0.4) is 0 Å². The molecule has 0 spiro atoms. The van der Waals surface area contributed by atoms with E-state index in [0.29, 0.717) is 12.6 Å². The summed E-state index contributed by atoms with van der Waals surface area (Å²) >= 11 is 0. The Hall–Kier alpha value is -1.26. The van der Waals surface area contributed by atoms with Crippen molar-refractivity contribution < 1.29 is 9.47 Å². The number of rotatable bonds is 2. The molecule has 0 aromatic heterocycles. The molecule has 0 N–H and O–H groups in total. The van der Waals surface area contributed by atoms with Crippen molar-refractivity contribution in [2.45, 2.75) is 19.1 Å². The Morgan fingerprint density at radius 2 is 1.79 bits per heavy atom. The van der Waals surface area contributed by atoms with Gasteiger partial charge in [0.25, 0.3) is 0 Å². The summed E-state index contributed by atoms with van der Waals surface area (Å²) in [5.41, 5.74) is 0. The number of hydrogen-bond acceptors (Lipinski definition) is 4. The predicted molar refractivity (Wildman–Crippen MR) is 74.9 cm³/mol. The molecule has 1 saturated heterocycles. The van der Waals surface area contributed by atoms with E-state index < -0.39 is 0 Å². The van der Waals surface area contributed by atoms with Crippen molar-refractivity contribution in [2.24, 2.45) is 0 Å². The summed E-state index contributed by atoms with van der Waals surface area (Å²) in [6.07, 6.45) is 0.123. The number of para-hydroxylation sites is 2. The molecule has 2 aliphatic rings. The predicted octanol–water partition coefficient (Wildman–Crippen LogP) is 1.46. The second-order valence-electron chi connectivity index (χ2n) is 5.49. The Morgan fingerprint density at radius 1 is 1.11 bits per heavy atom. The molecule has 0 bridgehead atoms. The molecule has 0 radical (unpaired) electrons. The third kappa shape index (κ3) is 2.69. The number of hydrogen-bond donors (Lipinski definition) is 0. The van der Waals surface area contributed by atoms with E-state index in [0.717, 1.165) is 37.7 Å². The fourth-order valence-corrected chi connectivity index (χ4v) is 2.74.